The first-order chi connectivity index (χ1) is 16.4. The molecule has 10 nitrogen and oxygen atoms in total. The summed E-state index contributed by atoms with van der Waals surface area (Å²) in [5.74, 6) is 1.34. The van der Waals surface area contributed by atoms with Crippen molar-refractivity contribution in [3.8, 4) is 23.0 Å². The average molecular weight is 531 g/mol. The molecule has 2 unspecified atom stereocenters. The molecule has 12 heteroatoms. The molecule has 0 aliphatic heterocycles. The monoisotopic (exact) mass is 530 g/mol. The van der Waals surface area contributed by atoms with Crippen molar-refractivity contribution in [2.24, 2.45) is 5.14 Å². The minimum absolute atomic E-state index is 0.0549. The van der Waals surface area contributed by atoms with E-state index >= 15 is 0 Å². The van der Waals surface area contributed by atoms with Gasteiger partial charge >= 0.3 is 0 Å². The molecule has 0 radical (unpaired) electrons. The molecule has 0 amide bonds. The highest BCUT2D eigenvalue weighted by molar-refractivity contribution is 7.89. The Kier molecular flexibility index (Phi) is 10.2. The molecule has 0 aliphatic rings. The van der Waals surface area contributed by atoms with Crippen LogP contribution >= 0.6 is 0 Å². The number of benzene rings is 2. The van der Waals surface area contributed by atoms with Crippen molar-refractivity contribution in [2.75, 3.05) is 20.8 Å². The van der Waals surface area contributed by atoms with E-state index in [4.69, 9.17) is 24.1 Å². The van der Waals surface area contributed by atoms with Crippen LogP contribution in [-0.4, -0.2) is 49.8 Å². The number of methoxy groups -OCH3 is 2. The summed E-state index contributed by atoms with van der Waals surface area (Å²) in [5, 5.41) is 5.17. The van der Waals surface area contributed by atoms with Gasteiger partial charge in [-0.25, -0.2) is 26.7 Å². The maximum Gasteiger partial charge on any atom is 0.240 e. The fourth-order valence-electron chi connectivity index (χ4n) is 3.32. The SMILES string of the molecule is CCCOc1ccc(S(=O)(=O)NC(C)CC(CC)Oc2ccc(S(N)(=O)=O)cc2OC)cc1OC. The number of hydrogen-bond acceptors (Lipinski definition) is 8. The largest absolute Gasteiger partial charge is 0.493 e. The molecule has 0 heterocycles. The van der Waals surface area contributed by atoms with Crippen LogP contribution in [0, 0.1) is 0 Å². The molecule has 2 atom stereocenters. The highest BCUT2D eigenvalue weighted by Gasteiger charge is 2.23. The third-order valence-electron chi connectivity index (χ3n) is 5.09. The van der Waals surface area contributed by atoms with Gasteiger partial charge in [-0.1, -0.05) is 13.8 Å². The Bertz CT molecular complexity index is 1200. The summed E-state index contributed by atoms with van der Waals surface area (Å²) >= 11 is 0. The van der Waals surface area contributed by atoms with Crippen LogP contribution in [-0.2, 0) is 20.0 Å². The summed E-state index contributed by atoms with van der Waals surface area (Å²) in [4.78, 5) is -0.0447. The van der Waals surface area contributed by atoms with Crippen LogP contribution in [0.3, 0.4) is 0 Å². The molecule has 196 valence electrons. The molecule has 35 heavy (non-hydrogen) atoms. The maximum absolute atomic E-state index is 13.0. The highest BCUT2D eigenvalue weighted by atomic mass is 32.2. The van der Waals surface area contributed by atoms with E-state index in [1.54, 1.807) is 13.0 Å². The van der Waals surface area contributed by atoms with Crippen LogP contribution in [0.4, 0.5) is 0 Å². The molecule has 2 rings (SSSR count). The predicted molar refractivity (Wildman–Crippen MR) is 132 cm³/mol. The van der Waals surface area contributed by atoms with Gasteiger partial charge in [-0.2, -0.15) is 0 Å². The van der Waals surface area contributed by atoms with Gasteiger partial charge in [0.05, 0.1) is 30.6 Å². The summed E-state index contributed by atoms with van der Waals surface area (Å²) in [6, 6.07) is 8.06. The third kappa shape index (κ3) is 7.99. The van der Waals surface area contributed by atoms with Gasteiger partial charge in [-0.3, -0.25) is 0 Å². The molecule has 3 N–H and O–H groups in total. The van der Waals surface area contributed by atoms with Gasteiger partial charge in [-0.05, 0) is 44.0 Å². The number of nitrogens with one attached hydrogen (secondary N) is 1. The Morgan fingerprint density at radius 2 is 1.46 bits per heavy atom. The van der Waals surface area contributed by atoms with Crippen LogP contribution in [0.5, 0.6) is 23.0 Å². The lowest BCUT2D eigenvalue weighted by Gasteiger charge is -2.23. The molecule has 0 saturated carbocycles. The maximum atomic E-state index is 13.0. The number of sulfonamides is 2. The number of ether oxygens (including phenoxy) is 4. The van der Waals surface area contributed by atoms with Crippen molar-refractivity contribution >= 4 is 20.0 Å². The molecule has 0 saturated heterocycles. The lowest BCUT2D eigenvalue weighted by atomic mass is 10.1. The zero-order chi connectivity index (χ0) is 26.2. The van der Waals surface area contributed by atoms with E-state index in [1.807, 2.05) is 13.8 Å². The van der Waals surface area contributed by atoms with Crippen molar-refractivity contribution < 1.29 is 35.8 Å². The first kappa shape index (κ1) is 28.7. The van der Waals surface area contributed by atoms with E-state index < -0.39 is 26.1 Å². The van der Waals surface area contributed by atoms with Gasteiger partial charge in [0.15, 0.2) is 23.0 Å². The van der Waals surface area contributed by atoms with E-state index in [0.717, 1.165) is 6.42 Å². The fraction of sp³-hybridized carbons (Fsp3) is 0.478. The molecule has 2 aromatic rings. The smallest absolute Gasteiger partial charge is 0.240 e. The van der Waals surface area contributed by atoms with E-state index in [-0.39, 0.29) is 21.6 Å². The van der Waals surface area contributed by atoms with E-state index in [2.05, 4.69) is 4.72 Å². The van der Waals surface area contributed by atoms with Crippen molar-refractivity contribution in [3.05, 3.63) is 36.4 Å². The zero-order valence-electron chi connectivity index (χ0n) is 20.6. The average Bonchev–Trinajstić information content (AvgIpc) is 2.81. The summed E-state index contributed by atoms with van der Waals surface area (Å²) in [6.07, 6.45) is 1.36. The first-order valence-electron chi connectivity index (χ1n) is 11.2. The van der Waals surface area contributed by atoms with E-state index in [1.165, 1.54) is 44.6 Å². The molecular formula is C23H34N2O8S2. The van der Waals surface area contributed by atoms with Crippen molar-refractivity contribution in [3.63, 3.8) is 0 Å². The van der Waals surface area contributed by atoms with Crippen molar-refractivity contribution in [1.82, 2.24) is 4.72 Å². The Morgan fingerprint density at radius 3 is 2.03 bits per heavy atom. The quantitative estimate of drug-likeness (QED) is 0.379. The Labute approximate surface area is 207 Å². The van der Waals surface area contributed by atoms with Gasteiger partial charge in [0, 0.05) is 24.6 Å². The lowest BCUT2D eigenvalue weighted by Crippen LogP contribution is -2.36. The molecular weight excluding hydrogens is 496 g/mol. The minimum Gasteiger partial charge on any atom is -0.493 e. The van der Waals surface area contributed by atoms with Gasteiger partial charge in [0.1, 0.15) is 6.10 Å². The number of primary sulfonamides is 1. The molecule has 0 bridgehead atoms. The van der Waals surface area contributed by atoms with Crippen LogP contribution < -0.4 is 28.8 Å². The third-order valence-corrected chi connectivity index (χ3v) is 7.59. The number of rotatable bonds is 14. The summed E-state index contributed by atoms with van der Waals surface area (Å²) in [5.41, 5.74) is 0. The second kappa shape index (κ2) is 12.4. The Hall–Kier alpha value is -2.54. The minimum atomic E-state index is -3.89. The van der Waals surface area contributed by atoms with Gasteiger partial charge in [0.2, 0.25) is 20.0 Å². The lowest BCUT2D eigenvalue weighted by molar-refractivity contribution is 0.170. The normalized spacial score (nSPS) is 13.7. The van der Waals surface area contributed by atoms with Crippen LogP contribution in [0.15, 0.2) is 46.2 Å². The van der Waals surface area contributed by atoms with Gasteiger partial charge < -0.3 is 18.9 Å². The number of hydrogen-bond donors (Lipinski definition) is 2. The summed E-state index contributed by atoms with van der Waals surface area (Å²) in [6.45, 7) is 6.10. The van der Waals surface area contributed by atoms with Gasteiger partial charge in [0.25, 0.3) is 0 Å². The molecule has 2 aromatic carbocycles. The Morgan fingerprint density at radius 1 is 0.886 bits per heavy atom. The van der Waals surface area contributed by atoms with Crippen LogP contribution in [0.1, 0.15) is 40.0 Å². The number of nitrogens with two attached hydrogens (primary N) is 1. The first-order valence-corrected chi connectivity index (χ1v) is 14.2. The Balaban J connectivity index is 2.13. The molecule has 0 aromatic heterocycles. The molecule has 0 aliphatic carbocycles. The van der Waals surface area contributed by atoms with Crippen LogP contribution in [0.25, 0.3) is 0 Å². The predicted octanol–water partition coefficient (Wildman–Crippen LogP) is 3.05. The zero-order valence-corrected chi connectivity index (χ0v) is 22.2. The standard InChI is InChI=1S/C23H34N2O8S2/c1-6-12-32-20-10-9-19(15-22(20)30-4)35(28,29)25-16(3)13-17(7-2)33-21-11-8-18(34(24,26)27)14-23(21)31-5/h8-11,14-17,25H,6-7,12-13H2,1-5H3,(H2,24,26,27). The fourth-order valence-corrected chi connectivity index (χ4v) is 5.12. The van der Waals surface area contributed by atoms with Crippen LogP contribution in [0.2, 0.25) is 0 Å². The molecule has 0 spiro atoms. The summed E-state index contributed by atoms with van der Waals surface area (Å²) in [7, 11) is -4.89. The highest BCUT2D eigenvalue weighted by Crippen LogP contribution is 2.32. The second-order valence-electron chi connectivity index (χ2n) is 7.92. The van der Waals surface area contributed by atoms with Crippen molar-refractivity contribution in [1.29, 1.82) is 0 Å². The second-order valence-corrected chi connectivity index (χ2v) is 11.2. The van der Waals surface area contributed by atoms with Gasteiger partial charge in [-0.15, -0.1) is 0 Å². The van der Waals surface area contributed by atoms with E-state index in [9.17, 15) is 16.8 Å². The van der Waals surface area contributed by atoms with Crippen molar-refractivity contribution in [2.45, 2.75) is 62.0 Å². The topological polar surface area (TPSA) is 143 Å². The summed E-state index contributed by atoms with van der Waals surface area (Å²) < 4.78 is 73.9. The molecule has 0 fully saturated rings. The van der Waals surface area contributed by atoms with E-state index in [0.29, 0.717) is 36.7 Å².